The molecule has 1 saturated heterocycles. The van der Waals surface area contributed by atoms with Gasteiger partial charge in [0.05, 0.1) is 6.10 Å². The molecular formula is C9H17N5O. The second kappa shape index (κ2) is 5.18. The summed E-state index contributed by atoms with van der Waals surface area (Å²) >= 11 is 0. The Hall–Kier alpha value is -1.01. The van der Waals surface area contributed by atoms with E-state index in [1.807, 2.05) is 4.68 Å². The predicted octanol–water partition coefficient (Wildman–Crippen LogP) is -0.257. The van der Waals surface area contributed by atoms with Gasteiger partial charge < -0.3 is 10.5 Å². The van der Waals surface area contributed by atoms with Crippen molar-refractivity contribution in [3.05, 3.63) is 5.82 Å². The molecule has 1 aromatic rings. The maximum atomic E-state index is 5.55. The first-order valence-electron chi connectivity index (χ1n) is 5.47. The van der Waals surface area contributed by atoms with Crippen LogP contribution in [0, 0.1) is 0 Å². The van der Waals surface area contributed by atoms with Crippen LogP contribution in [0.1, 0.15) is 25.1 Å². The molecule has 1 unspecified atom stereocenters. The Morgan fingerprint density at radius 2 is 2.47 bits per heavy atom. The first kappa shape index (κ1) is 10.5. The van der Waals surface area contributed by atoms with E-state index in [-0.39, 0.29) is 0 Å². The molecule has 0 bridgehead atoms. The molecule has 0 amide bonds. The third kappa shape index (κ3) is 2.73. The molecule has 1 aliphatic heterocycles. The summed E-state index contributed by atoms with van der Waals surface area (Å²) in [6, 6.07) is 0. The quantitative estimate of drug-likeness (QED) is 0.726. The molecule has 2 N–H and O–H groups in total. The lowest BCUT2D eigenvalue weighted by atomic mass is 10.2. The highest BCUT2D eigenvalue weighted by molar-refractivity contribution is 4.86. The van der Waals surface area contributed by atoms with E-state index in [0.29, 0.717) is 12.6 Å². The summed E-state index contributed by atoms with van der Waals surface area (Å²) in [5, 5.41) is 11.6. The topological polar surface area (TPSA) is 78.9 Å². The number of nitrogens with two attached hydrogens (primary N) is 1. The van der Waals surface area contributed by atoms with Gasteiger partial charge in [-0.1, -0.05) is 0 Å². The molecule has 1 fully saturated rings. The number of hydrogen-bond donors (Lipinski definition) is 1. The van der Waals surface area contributed by atoms with Gasteiger partial charge in [0.15, 0.2) is 5.82 Å². The van der Waals surface area contributed by atoms with Crippen molar-refractivity contribution in [1.29, 1.82) is 0 Å². The lowest BCUT2D eigenvalue weighted by molar-refractivity contribution is 0.109. The van der Waals surface area contributed by atoms with Gasteiger partial charge in [0.25, 0.3) is 0 Å². The summed E-state index contributed by atoms with van der Waals surface area (Å²) in [5.74, 6) is 0.912. The molecule has 0 spiro atoms. The number of nitrogens with zero attached hydrogens (tertiary/aromatic N) is 4. The lowest BCUT2D eigenvalue weighted by Crippen LogP contribution is -2.16. The molecule has 0 saturated carbocycles. The normalized spacial score (nSPS) is 21.0. The molecule has 0 aliphatic carbocycles. The minimum absolute atomic E-state index is 0.299. The van der Waals surface area contributed by atoms with Gasteiger partial charge in [-0.15, -0.1) is 5.10 Å². The highest BCUT2D eigenvalue weighted by Gasteiger charge is 2.19. The van der Waals surface area contributed by atoms with Gasteiger partial charge in [-0.05, 0) is 36.2 Å². The van der Waals surface area contributed by atoms with Gasteiger partial charge in [-0.2, -0.15) is 0 Å². The number of tetrazole rings is 1. The highest BCUT2D eigenvalue weighted by Crippen LogP contribution is 2.15. The van der Waals surface area contributed by atoms with Crippen LogP contribution in [0.5, 0.6) is 0 Å². The van der Waals surface area contributed by atoms with Gasteiger partial charge in [0.2, 0.25) is 0 Å². The Morgan fingerprint density at radius 3 is 3.20 bits per heavy atom. The Bertz CT molecular complexity index is 294. The fourth-order valence-corrected chi connectivity index (χ4v) is 1.79. The van der Waals surface area contributed by atoms with Gasteiger partial charge >= 0.3 is 0 Å². The summed E-state index contributed by atoms with van der Waals surface area (Å²) in [6.07, 6.45) is 4.28. The van der Waals surface area contributed by atoms with Crippen molar-refractivity contribution >= 4 is 0 Å². The van der Waals surface area contributed by atoms with Crippen molar-refractivity contribution in [2.24, 2.45) is 5.73 Å². The van der Waals surface area contributed by atoms with E-state index >= 15 is 0 Å². The summed E-state index contributed by atoms with van der Waals surface area (Å²) in [7, 11) is 0. The largest absolute Gasteiger partial charge is 0.378 e. The average Bonchev–Trinajstić information content (AvgIpc) is 2.87. The first-order valence-corrected chi connectivity index (χ1v) is 5.47. The molecular weight excluding hydrogens is 194 g/mol. The monoisotopic (exact) mass is 211 g/mol. The Labute approximate surface area is 88.8 Å². The third-order valence-electron chi connectivity index (χ3n) is 2.61. The van der Waals surface area contributed by atoms with Crippen LogP contribution in [0.25, 0.3) is 0 Å². The van der Waals surface area contributed by atoms with Crippen LogP contribution in [0.4, 0.5) is 0 Å². The zero-order valence-electron chi connectivity index (χ0n) is 8.80. The van der Waals surface area contributed by atoms with E-state index in [9.17, 15) is 0 Å². The maximum absolute atomic E-state index is 5.55. The maximum Gasteiger partial charge on any atom is 0.153 e. The van der Waals surface area contributed by atoms with Crippen LogP contribution >= 0.6 is 0 Å². The van der Waals surface area contributed by atoms with Crippen molar-refractivity contribution < 1.29 is 4.74 Å². The summed E-state index contributed by atoms with van der Waals surface area (Å²) in [5.41, 5.74) is 5.45. The zero-order chi connectivity index (χ0) is 10.5. The summed E-state index contributed by atoms with van der Waals surface area (Å²) in [4.78, 5) is 0. The smallest absolute Gasteiger partial charge is 0.153 e. The second-order valence-electron chi connectivity index (χ2n) is 3.80. The van der Waals surface area contributed by atoms with Gasteiger partial charge in [0.1, 0.15) is 0 Å². The van der Waals surface area contributed by atoms with E-state index in [0.717, 1.165) is 44.7 Å². The fourth-order valence-electron chi connectivity index (χ4n) is 1.79. The summed E-state index contributed by atoms with van der Waals surface area (Å²) < 4.78 is 7.38. The van der Waals surface area contributed by atoms with Crippen molar-refractivity contribution in [3.8, 4) is 0 Å². The highest BCUT2D eigenvalue weighted by atomic mass is 16.5. The predicted molar refractivity (Wildman–Crippen MR) is 54.2 cm³/mol. The fraction of sp³-hybridized carbons (Fsp3) is 0.889. The van der Waals surface area contributed by atoms with Crippen molar-refractivity contribution in [2.75, 3.05) is 13.2 Å². The van der Waals surface area contributed by atoms with Crippen molar-refractivity contribution in [2.45, 2.75) is 38.3 Å². The van der Waals surface area contributed by atoms with E-state index < -0.39 is 0 Å². The van der Waals surface area contributed by atoms with Crippen LogP contribution in [0.15, 0.2) is 0 Å². The Balaban J connectivity index is 1.91. The number of ether oxygens (including phenoxy) is 1. The lowest BCUT2D eigenvalue weighted by Gasteiger charge is -2.08. The standard InChI is InChI=1S/C9H17N5O/c10-4-2-5-14-9(11-12-13-14)7-8-3-1-6-15-8/h8H,1-7,10H2. The molecule has 1 aromatic heterocycles. The molecule has 6 nitrogen and oxygen atoms in total. The number of aryl methyl sites for hydroxylation is 1. The van der Waals surface area contributed by atoms with Crippen molar-refractivity contribution in [1.82, 2.24) is 20.2 Å². The SMILES string of the molecule is NCCCn1nnnc1CC1CCCO1. The summed E-state index contributed by atoms with van der Waals surface area (Å²) in [6.45, 7) is 2.33. The second-order valence-corrected chi connectivity index (χ2v) is 3.80. The van der Waals surface area contributed by atoms with Crippen LogP contribution in [-0.4, -0.2) is 39.5 Å². The molecule has 0 radical (unpaired) electrons. The number of rotatable bonds is 5. The molecule has 2 heterocycles. The van der Waals surface area contributed by atoms with Crippen molar-refractivity contribution in [3.63, 3.8) is 0 Å². The van der Waals surface area contributed by atoms with Gasteiger partial charge in [-0.3, -0.25) is 0 Å². The molecule has 15 heavy (non-hydrogen) atoms. The van der Waals surface area contributed by atoms with E-state index in [4.69, 9.17) is 10.5 Å². The average molecular weight is 211 g/mol. The zero-order valence-corrected chi connectivity index (χ0v) is 8.80. The minimum Gasteiger partial charge on any atom is -0.378 e. The van der Waals surface area contributed by atoms with E-state index in [2.05, 4.69) is 15.5 Å². The molecule has 1 aliphatic rings. The molecule has 2 rings (SSSR count). The van der Waals surface area contributed by atoms with Crippen LogP contribution < -0.4 is 5.73 Å². The minimum atomic E-state index is 0.299. The Kier molecular flexibility index (Phi) is 3.63. The first-order chi connectivity index (χ1) is 7.40. The molecule has 1 atom stereocenters. The third-order valence-corrected chi connectivity index (χ3v) is 2.61. The molecule has 0 aromatic carbocycles. The number of hydrogen-bond acceptors (Lipinski definition) is 5. The molecule has 6 heteroatoms. The van der Waals surface area contributed by atoms with E-state index in [1.165, 1.54) is 0 Å². The number of aromatic nitrogens is 4. The van der Waals surface area contributed by atoms with Crippen LogP contribution in [0.2, 0.25) is 0 Å². The molecule has 84 valence electrons. The van der Waals surface area contributed by atoms with Crippen LogP contribution in [-0.2, 0) is 17.7 Å². The van der Waals surface area contributed by atoms with E-state index in [1.54, 1.807) is 0 Å². The van der Waals surface area contributed by atoms with Gasteiger partial charge in [0, 0.05) is 19.6 Å². The van der Waals surface area contributed by atoms with Crippen LogP contribution in [0.3, 0.4) is 0 Å². The Morgan fingerprint density at radius 1 is 1.53 bits per heavy atom. The van der Waals surface area contributed by atoms with Gasteiger partial charge in [-0.25, -0.2) is 4.68 Å².